The molecule has 2 rings (SSSR count). The summed E-state index contributed by atoms with van der Waals surface area (Å²) in [5.74, 6) is -0.712. The first-order valence-corrected chi connectivity index (χ1v) is 9.32. The summed E-state index contributed by atoms with van der Waals surface area (Å²) in [6, 6.07) is 16.2. The minimum Gasteiger partial charge on any atom is -0.462 e. The Kier molecular flexibility index (Phi) is 7.75. The van der Waals surface area contributed by atoms with Gasteiger partial charge in [-0.15, -0.1) is 0 Å². The molecule has 0 saturated carbocycles. The highest BCUT2D eigenvalue weighted by Crippen LogP contribution is 2.17. The molecule has 0 bridgehead atoms. The predicted molar refractivity (Wildman–Crippen MR) is 108 cm³/mol. The molecule has 0 heterocycles. The van der Waals surface area contributed by atoms with Gasteiger partial charge in [0.2, 0.25) is 11.8 Å². The van der Waals surface area contributed by atoms with E-state index in [9.17, 15) is 14.4 Å². The van der Waals surface area contributed by atoms with E-state index in [1.165, 1.54) is 11.8 Å². The zero-order valence-electron chi connectivity index (χ0n) is 16.5. The zero-order chi connectivity index (χ0) is 20.5. The molecule has 6 nitrogen and oxygen atoms in total. The number of carbonyl (C=O) groups excluding carboxylic acids is 3. The fourth-order valence-electron chi connectivity index (χ4n) is 2.81. The molecular weight excluding hydrogens is 356 g/mol. The molecule has 28 heavy (non-hydrogen) atoms. The smallest absolute Gasteiger partial charge is 0.338 e. The molecule has 2 amide bonds. The third kappa shape index (κ3) is 5.94. The van der Waals surface area contributed by atoms with Crippen LogP contribution in [0.2, 0.25) is 0 Å². The quantitative estimate of drug-likeness (QED) is 0.709. The van der Waals surface area contributed by atoms with Gasteiger partial charge in [-0.1, -0.05) is 30.3 Å². The largest absolute Gasteiger partial charge is 0.462 e. The number of benzene rings is 2. The van der Waals surface area contributed by atoms with Crippen molar-refractivity contribution in [2.75, 3.05) is 18.1 Å². The second-order valence-electron chi connectivity index (χ2n) is 6.39. The number of ether oxygens (including phenoxy) is 1. The molecule has 0 aliphatic heterocycles. The van der Waals surface area contributed by atoms with Crippen LogP contribution in [0.15, 0.2) is 54.6 Å². The number of carbonyl (C=O) groups is 3. The average molecular weight is 382 g/mol. The van der Waals surface area contributed by atoms with Gasteiger partial charge in [0.15, 0.2) is 0 Å². The van der Waals surface area contributed by atoms with Crippen LogP contribution in [0.5, 0.6) is 0 Å². The van der Waals surface area contributed by atoms with Crippen LogP contribution in [-0.2, 0) is 14.3 Å². The minimum absolute atomic E-state index is 0.108. The topological polar surface area (TPSA) is 75.7 Å². The monoisotopic (exact) mass is 382 g/mol. The van der Waals surface area contributed by atoms with E-state index < -0.39 is 5.97 Å². The van der Waals surface area contributed by atoms with Crippen LogP contribution in [0.4, 0.5) is 5.69 Å². The number of amides is 2. The molecular formula is C22H26N2O4. The molecule has 0 spiro atoms. The Labute approximate surface area is 165 Å². The number of nitrogens with one attached hydrogen (secondary N) is 1. The fourth-order valence-corrected chi connectivity index (χ4v) is 2.81. The number of rotatable bonds is 8. The molecule has 6 heteroatoms. The summed E-state index contributed by atoms with van der Waals surface area (Å²) >= 11 is 0. The summed E-state index contributed by atoms with van der Waals surface area (Å²) in [6.45, 7) is 5.67. The lowest BCUT2D eigenvalue weighted by Crippen LogP contribution is -2.34. The summed E-state index contributed by atoms with van der Waals surface area (Å²) in [5.41, 5.74) is 2.07. The summed E-state index contributed by atoms with van der Waals surface area (Å²) < 4.78 is 4.96. The van der Waals surface area contributed by atoms with E-state index in [0.717, 1.165) is 5.56 Å². The first kappa shape index (κ1) is 21.2. The second kappa shape index (κ2) is 10.3. The summed E-state index contributed by atoms with van der Waals surface area (Å²) in [4.78, 5) is 37.6. The fraction of sp³-hybridized carbons (Fsp3) is 0.318. The van der Waals surface area contributed by atoms with E-state index >= 15 is 0 Å². The Bertz CT molecular complexity index is 803. The predicted octanol–water partition coefficient (Wildman–Crippen LogP) is 3.48. The molecule has 0 aromatic heterocycles. The molecule has 2 aromatic rings. The lowest BCUT2D eigenvalue weighted by atomic mass is 10.1. The van der Waals surface area contributed by atoms with Gasteiger partial charge in [-0.3, -0.25) is 9.59 Å². The van der Waals surface area contributed by atoms with E-state index in [-0.39, 0.29) is 30.8 Å². The van der Waals surface area contributed by atoms with Gasteiger partial charge < -0.3 is 15.0 Å². The molecule has 1 unspecified atom stereocenters. The maximum Gasteiger partial charge on any atom is 0.338 e. The van der Waals surface area contributed by atoms with Gasteiger partial charge in [0.05, 0.1) is 18.2 Å². The Morgan fingerprint density at radius 3 is 2.25 bits per heavy atom. The van der Waals surface area contributed by atoms with Crippen LogP contribution >= 0.6 is 0 Å². The Morgan fingerprint density at radius 1 is 1.04 bits per heavy atom. The van der Waals surface area contributed by atoms with E-state index in [0.29, 0.717) is 17.9 Å². The second-order valence-corrected chi connectivity index (χ2v) is 6.39. The van der Waals surface area contributed by atoms with Crippen molar-refractivity contribution in [3.63, 3.8) is 0 Å². The summed E-state index contributed by atoms with van der Waals surface area (Å²) in [5, 5.41) is 2.94. The maximum absolute atomic E-state index is 12.3. The van der Waals surface area contributed by atoms with Crippen molar-refractivity contribution < 1.29 is 19.1 Å². The highest BCUT2D eigenvalue weighted by Gasteiger charge is 2.16. The van der Waals surface area contributed by atoms with Crippen LogP contribution in [-0.4, -0.2) is 30.9 Å². The molecule has 1 N–H and O–H groups in total. The van der Waals surface area contributed by atoms with Crippen LogP contribution < -0.4 is 10.2 Å². The average Bonchev–Trinajstić information content (AvgIpc) is 2.69. The molecule has 148 valence electrons. The maximum atomic E-state index is 12.3. The Balaban J connectivity index is 1.96. The van der Waals surface area contributed by atoms with Crippen molar-refractivity contribution in [1.29, 1.82) is 0 Å². The first-order valence-electron chi connectivity index (χ1n) is 9.32. The first-order chi connectivity index (χ1) is 13.4. The van der Waals surface area contributed by atoms with Crippen molar-refractivity contribution in [3.8, 4) is 0 Å². The molecule has 2 aromatic carbocycles. The van der Waals surface area contributed by atoms with Gasteiger partial charge in [0, 0.05) is 25.6 Å². The van der Waals surface area contributed by atoms with E-state index in [1.54, 1.807) is 31.2 Å². The van der Waals surface area contributed by atoms with Crippen LogP contribution in [0, 0.1) is 0 Å². The highest BCUT2D eigenvalue weighted by atomic mass is 16.5. The lowest BCUT2D eigenvalue weighted by Gasteiger charge is -2.22. The number of nitrogens with zero attached hydrogens (tertiary/aromatic N) is 1. The van der Waals surface area contributed by atoms with Crippen LogP contribution in [0.3, 0.4) is 0 Å². The number of hydrogen-bond acceptors (Lipinski definition) is 4. The summed E-state index contributed by atoms with van der Waals surface area (Å²) in [7, 11) is 0. The van der Waals surface area contributed by atoms with Crippen molar-refractivity contribution in [2.45, 2.75) is 33.2 Å². The number of esters is 1. The van der Waals surface area contributed by atoms with Gasteiger partial charge in [0.1, 0.15) is 0 Å². The summed E-state index contributed by atoms with van der Waals surface area (Å²) in [6.07, 6.45) is 0.177. The molecule has 0 aliphatic rings. The van der Waals surface area contributed by atoms with Crippen molar-refractivity contribution in [3.05, 3.63) is 65.7 Å². The molecule has 1 atom stereocenters. The highest BCUT2D eigenvalue weighted by molar-refractivity contribution is 5.94. The van der Waals surface area contributed by atoms with Gasteiger partial charge in [-0.05, 0) is 43.7 Å². The Hall–Kier alpha value is -3.15. The molecule has 0 aliphatic carbocycles. The van der Waals surface area contributed by atoms with E-state index in [2.05, 4.69) is 5.32 Å². The molecule has 0 saturated heterocycles. The van der Waals surface area contributed by atoms with Gasteiger partial charge in [-0.2, -0.15) is 0 Å². The number of anilines is 1. The standard InChI is InChI=1S/C22H26N2O4/c1-4-28-22(27)19-10-12-20(13-11-19)24(17(3)25)15-14-21(26)23-16(2)18-8-6-5-7-9-18/h5-13,16H,4,14-15H2,1-3H3,(H,23,26). The third-order valence-corrected chi connectivity index (χ3v) is 4.31. The van der Waals surface area contributed by atoms with Crippen molar-refractivity contribution in [1.82, 2.24) is 5.32 Å². The third-order valence-electron chi connectivity index (χ3n) is 4.31. The van der Waals surface area contributed by atoms with E-state index in [4.69, 9.17) is 4.74 Å². The van der Waals surface area contributed by atoms with Gasteiger partial charge in [0.25, 0.3) is 0 Å². The van der Waals surface area contributed by atoms with Gasteiger partial charge in [-0.25, -0.2) is 4.79 Å². The van der Waals surface area contributed by atoms with Crippen LogP contribution in [0.1, 0.15) is 49.2 Å². The van der Waals surface area contributed by atoms with Crippen molar-refractivity contribution in [2.24, 2.45) is 0 Å². The zero-order valence-corrected chi connectivity index (χ0v) is 16.5. The minimum atomic E-state index is -0.405. The Morgan fingerprint density at radius 2 is 1.68 bits per heavy atom. The molecule has 0 radical (unpaired) electrons. The van der Waals surface area contributed by atoms with Gasteiger partial charge >= 0.3 is 5.97 Å². The number of hydrogen-bond donors (Lipinski definition) is 1. The van der Waals surface area contributed by atoms with Crippen LogP contribution in [0.25, 0.3) is 0 Å². The van der Waals surface area contributed by atoms with E-state index in [1.807, 2.05) is 37.3 Å². The molecule has 0 fully saturated rings. The normalized spacial score (nSPS) is 11.4. The van der Waals surface area contributed by atoms with Crippen molar-refractivity contribution >= 4 is 23.5 Å². The lowest BCUT2D eigenvalue weighted by molar-refractivity contribution is -0.121. The SMILES string of the molecule is CCOC(=O)c1ccc(N(CCC(=O)NC(C)c2ccccc2)C(C)=O)cc1.